The first-order valence-corrected chi connectivity index (χ1v) is 5.01. The lowest BCUT2D eigenvalue weighted by molar-refractivity contribution is -0.141. The summed E-state index contributed by atoms with van der Waals surface area (Å²) in [5, 5.41) is -0.737. The molecule has 4 heteroatoms. The van der Waals surface area contributed by atoms with Gasteiger partial charge < -0.3 is 9.47 Å². The fourth-order valence-corrected chi connectivity index (χ4v) is 1.23. The highest BCUT2D eigenvalue weighted by Crippen LogP contribution is 2.04. The second kappa shape index (κ2) is 6.43. The number of carbonyl (C=O) groups is 1. The van der Waals surface area contributed by atoms with Crippen LogP contribution in [0.25, 0.3) is 0 Å². The quantitative estimate of drug-likeness (QED) is 0.571. The molecule has 0 aliphatic heterocycles. The number of alkyl halides is 1. The lowest BCUT2D eigenvalue weighted by Gasteiger charge is -2.08. The van der Waals surface area contributed by atoms with Crippen molar-refractivity contribution in [3.63, 3.8) is 0 Å². The molecule has 0 saturated heterocycles. The van der Waals surface area contributed by atoms with E-state index in [1.165, 1.54) is 7.11 Å². The van der Waals surface area contributed by atoms with Crippen LogP contribution < -0.4 is 0 Å². The fourth-order valence-electron chi connectivity index (χ4n) is 1.05. The van der Waals surface area contributed by atoms with Crippen molar-refractivity contribution in [1.29, 1.82) is 0 Å². The third-order valence-corrected chi connectivity index (χ3v) is 2.14. The van der Waals surface area contributed by atoms with Crippen LogP contribution in [-0.4, -0.2) is 25.1 Å². The van der Waals surface area contributed by atoms with Crippen LogP contribution in [0, 0.1) is 0 Å². The van der Waals surface area contributed by atoms with Gasteiger partial charge in [0.15, 0.2) is 5.38 Å². The summed E-state index contributed by atoms with van der Waals surface area (Å²) in [6.45, 7) is 0.601. The third kappa shape index (κ3) is 4.32. The molecule has 0 aromatic heterocycles. The van der Waals surface area contributed by atoms with E-state index in [-0.39, 0.29) is 6.61 Å². The van der Waals surface area contributed by atoms with Crippen molar-refractivity contribution < 1.29 is 14.3 Å². The van der Waals surface area contributed by atoms with E-state index in [0.29, 0.717) is 6.61 Å². The van der Waals surface area contributed by atoms with E-state index in [1.54, 1.807) is 0 Å². The first-order valence-electron chi connectivity index (χ1n) is 4.57. The highest BCUT2D eigenvalue weighted by atomic mass is 35.5. The second-order valence-electron chi connectivity index (χ2n) is 2.99. The molecular weight excluding hydrogens is 216 g/mol. The zero-order valence-electron chi connectivity index (χ0n) is 8.48. The van der Waals surface area contributed by atoms with E-state index in [4.69, 9.17) is 16.3 Å². The SMILES string of the molecule is COC(=O)[C@@H](Cl)COCc1ccccc1. The van der Waals surface area contributed by atoms with E-state index in [2.05, 4.69) is 4.74 Å². The zero-order valence-corrected chi connectivity index (χ0v) is 9.24. The van der Waals surface area contributed by atoms with Crippen LogP contribution in [0.15, 0.2) is 30.3 Å². The van der Waals surface area contributed by atoms with Crippen molar-refractivity contribution in [2.24, 2.45) is 0 Å². The topological polar surface area (TPSA) is 35.5 Å². The van der Waals surface area contributed by atoms with Crippen LogP contribution in [0.1, 0.15) is 5.56 Å². The molecule has 1 aromatic carbocycles. The minimum absolute atomic E-state index is 0.156. The Morgan fingerprint density at radius 1 is 1.40 bits per heavy atom. The Labute approximate surface area is 93.9 Å². The van der Waals surface area contributed by atoms with Gasteiger partial charge in [0.05, 0.1) is 20.3 Å². The standard InChI is InChI=1S/C11H13ClO3/c1-14-11(13)10(12)8-15-7-9-5-3-2-4-6-9/h2-6,10H,7-8H2,1H3/t10-/m0/s1. The van der Waals surface area contributed by atoms with Crippen molar-refractivity contribution in [3.8, 4) is 0 Å². The fraction of sp³-hybridized carbons (Fsp3) is 0.364. The monoisotopic (exact) mass is 228 g/mol. The molecule has 0 spiro atoms. The molecule has 1 rings (SSSR count). The number of esters is 1. The summed E-state index contributed by atoms with van der Waals surface area (Å²) in [5.74, 6) is -0.468. The number of methoxy groups -OCH3 is 1. The van der Waals surface area contributed by atoms with E-state index < -0.39 is 11.3 Å². The number of carbonyl (C=O) groups excluding carboxylic acids is 1. The summed E-state index contributed by atoms with van der Waals surface area (Å²) in [6, 6.07) is 9.68. The highest BCUT2D eigenvalue weighted by Gasteiger charge is 2.15. The molecule has 3 nitrogen and oxygen atoms in total. The molecule has 0 saturated carbocycles. The molecule has 0 fully saturated rings. The number of rotatable bonds is 5. The summed E-state index contributed by atoms with van der Waals surface area (Å²) in [7, 11) is 1.30. The minimum atomic E-state index is -0.737. The van der Waals surface area contributed by atoms with Crippen molar-refractivity contribution in [2.75, 3.05) is 13.7 Å². The van der Waals surface area contributed by atoms with E-state index in [9.17, 15) is 4.79 Å². The molecule has 15 heavy (non-hydrogen) atoms. The van der Waals surface area contributed by atoms with Gasteiger partial charge in [0, 0.05) is 0 Å². The Kier molecular flexibility index (Phi) is 5.15. The van der Waals surface area contributed by atoms with Gasteiger partial charge >= 0.3 is 5.97 Å². The highest BCUT2D eigenvalue weighted by molar-refractivity contribution is 6.30. The lowest BCUT2D eigenvalue weighted by Crippen LogP contribution is -2.21. The molecule has 0 radical (unpaired) electrons. The number of hydrogen-bond acceptors (Lipinski definition) is 3. The van der Waals surface area contributed by atoms with Gasteiger partial charge in [0.1, 0.15) is 0 Å². The first kappa shape index (κ1) is 12.0. The number of benzene rings is 1. The minimum Gasteiger partial charge on any atom is -0.468 e. The lowest BCUT2D eigenvalue weighted by atomic mass is 10.2. The third-order valence-electron chi connectivity index (χ3n) is 1.83. The number of halogens is 1. The summed E-state index contributed by atoms with van der Waals surface area (Å²) < 4.78 is 9.74. The molecule has 1 atom stereocenters. The van der Waals surface area contributed by atoms with Crippen molar-refractivity contribution in [1.82, 2.24) is 0 Å². The van der Waals surface area contributed by atoms with Gasteiger partial charge in [0.25, 0.3) is 0 Å². The molecule has 0 N–H and O–H groups in total. The largest absolute Gasteiger partial charge is 0.468 e. The first-order chi connectivity index (χ1) is 7.24. The summed E-state index contributed by atoms with van der Waals surface area (Å²) >= 11 is 5.70. The van der Waals surface area contributed by atoms with Gasteiger partial charge in [-0.3, -0.25) is 4.79 Å². The van der Waals surface area contributed by atoms with Crippen LogP contribution in [0.4, 0.5) is 0 Å². The van der Waals surface area contributed by atoms with Gasteiger partial charge in [-0.05, 0) is 5.56 Å². The van der Waals surface area contributed by atoms with Gasteiger partial charge in [-0.2, -0.15) is 0 Å². The Morgan fingerprint density at radius 3 is 2.67 bits per heavy atom. The zero-order chi connectivity index (χ0) is 11.1. The van der Waals surface area contributed by atoms with Crippen LogP contribution in [0.3, 0.4) is 0 Å². The van der Waals surface area contributed by atoms with Crippen molar-refractivity contribution in [2.45, 2.75) is 12.0 Å². The van der Waals surface area contributed by atoms with Crippen molar-refractivity contribution in [3.05, 3.63) is 35.9 Å². The van der Waals surface area contributed by atoms with Crippen LogP contribution >= 0.6 is 11.6 Å². The molecule has 82 valence electrons. The molecule has 0 amide bonds. The smallest absolute Gasteiger partial charge is 0.326 e. The Morgan fingerprint density at radius 2 is 2.07 bits per heavy atom. The average Bonchev–Trinajstić information content (AvgIpc) is 2.29. The van der Waals surface area contributed by atoms with Gasteiger partial charge in [-0.25, -0.2) is 0 Å². The predicted molar refractivity (Wildman–Crippen MR) is 57.8 cm³/mol. The Bertz CT molecular complexity index is 300. The molecule has 0 bridgehead atoms. The van der Waals surface area contributed by atoms with Gasteiger partial charge in [0.2, 0.25) is 0 Å². The maximum atomic E-state index is 10.9. The predicted octanol–water partition coefficient (Wildman–Crippen LogP) is 1.98. The average molecular weight is 229 g/mol. The normalized spacial score (nSPS) is 12.1. The summed E-state index contributed by atoms with van der Waals surface area (Å²) in [6.07, 6.45) is 0. The molecular formula is C11H13ClO3. The molecule has 0 unspecified atom stereocenters. The molecule has 0 heterocycles. The second-order valence-corrected chi connectivity index (χ2v) is 3.52. The van der Waals surface area contributed by atoms with E-state index >= 15 is 0 Å². The summed E-state index contributed by atoms with van der Waals surface area (Å²) in [4.78, 5) is 10.9. The van der Waals surface area contributed by atoms with E-state index in [1.807, 2.05) is 30.3 Å². The Hall–Kier alpha value is -1.06. The molecule has 0 aliphatic rings. The van der Waals surface area contributed by atoms with Crippen LogP contribution in [0.5, 0.6) is 0 Å². The van der Waals surface area contributed by atoms with Crippen LogP contribution in [0.2, 0.25) is 0 Å². The number of ether oxygens (including phenoxy) is 2. The Balaban J connectivity index is 2.25. The molecule has 1 aromatic rings. The maximum absolute atomic E-state index is 10.9. The number of hydrogen-bond donors (Lipinski definition) is 0. The van der Waals surface area contributed by atoms with Gasteiger partial charge in [-0.1, -0.05) is 30.3 Å². The summed E-state index contributed by atoms with van der Waals surface area (Å²) in [5.41, 5.74) is 1.05. The van der Waals surface area contributed by atoms with Gasteiger partial charge in [-0.15, -0.1) is 11.6 Å². The maximum Gasteiger partial charge on any atom is 0.326 e. The molecule has 0 aliphatic carbocycles. The van der Waals surface area contributed by atoms with E-state index in [0.717, 1.165) is 5.56 Å². The van der Waals surface area contributed by atoms with Crippen LogP contribution in [-0.2, 0) is 20.9 Å². The van der Waals surface area contributed by atoms with Crippen molar-refractivity contribution >= 4 is 17.6 Å².